The van der Waals surface area contributed by atoms with Crippen molar-refractivity contribution in [2.45, 2.75) is 32.2 Å². The Morgan fingerprint density at radius 2 is 2.26 bits per heavy atom. The van der Waals surface area contributed by atoms with Gasteiger partial charge in [-0.25, -0.2) is 4.98 Å². The van der Waals surface area contributed by atoms with Crippen LogP contribution >= 0.6 is 0 Å². The first-order valence-electron chi connectivity index (χ1n) is 8.54. The second-order valence-corrected chi connectivity index (χ2v) is 6.58. The summed E-state index contributed by atoms with van der Waals surface area (Å²) in [4.78, 5) is 9.71. The van der Waals surface area contributed by atoms with E-state index in [1.165, 1.54) is 12.7 Å². The summed E-state index contributed by atoms with van der Waals surface area (Å²) in [6.07, 6.45) is 6.37. The van der Waals surface area contributed by atoms with Gasteiger partial charge in [0.25, 0.3) is 0 Å². The van der Waals surface area contributed by atoms with E-state index in [1.54, 1.807) is 18.0 Å². The van der Waals surface area contributed by atoms with Gasteiger partial charge in [0.2, 0.25) is 0 Å². The molecule has 0 spiro atoms. The predicted octanol–water partition coefficient (Wildman–Crippen LogP) is 3.91. The number of allylic oxidation sites excluding steroid dienone is 4. The minimum Gasteiger partial charge on any atom is -0.451 e. The average molecular weight is 378 g/mol. The summed E-state index contributed by atoms with van der Waals surface area (Å²) in [5, 5.41) is 3.31. The van der Waals surface area contributed by atoms with Crippen molar-refractivity contribution in [1.29, 1.82) is 0 Å². The van der Waals surface area contributed by atoms with Crippen LogP contribution in [0.15, 0.2) is 64.8 Å². The Labute approximate surface area is 155 Å². The first kappa shape index (κ1) is 19.2. The van der Waals surface area contributed by atoms with Gasteiger partial charge in [-0.05, 0) is 25.5 Å². The molecule has 0 saturated heterocycles. The van der Waals surface area contributed by atoms with Gasteiger partial charge in [0, 0.05) is 30.4 Å². The molecular weight excluding hydrogens is 357 g/mol. The molecule has 0 aliphatic carbocycles. The summed E-state index contributed by atoms with van der Waals surface area (Å²) in [5.41, 5.74) is 1.09. The van der Waals surface area contributed by atoms with E-state index in [-0.39, 0.29) is 12.0 Å². The van der Waals surface area contributed by atoms with Crippen molar-refractivity contribution in [2.24, 2.45) is 10.9 Å². The SMILES string of the molecule is C=C(/C=C\C(C)NCC1C=CN2C(C)=CC(C(F)(F)F)=NC12)c1cocn1. The number of rotatable bonds is 6. The molecule has 0 radical (unpaired) electrons. The molecule has 0 aromatic carbocycles. The number of fused-ring (bicyclic) bond motifs is 1. The van der Waals surface area contributed by atoms with Gasteiger partial charge in [-0.15, -0.1) is 0 Å². The minimum atomic E-state index is -4.44. The number of hydrogen-bond donors (Lipinski definition) is 1. The van der Waals surface area contributed by atoms with Gasteiger partial charge < -0.3 is 14.6 Å². The molecule has 3 heterocycles. The second-order valence-electron chi connectivity index (χ2n) is 6.58. The summed E-state index contributed by atoms with van der Waals surface area (Å²) < 4.78 is 44.1. The van der Waals surface area contributed by atoms with E-state index in [0.29, 0.717) is 17.9 Å². The van der Waals surface area contributed by atoms with Crippen LogP contribution in [0.3, 0.4) is 0 Å². The maximum atomic E-state index is 13.0. The maximum absolute atomic E-state index is 13.0. The predicted molar refractivity (Wildman–Crippen MR) is 97.6 cm³/mol. The van der Waals surface area contributed by atoms with E-state index in [9.17, 15) is 13.2 Å². The number of halogens is 3. The third-order valence-corrected chi connectivity index (χ3v) is 4.50. The van der Waals surface area contributed by atoms with Crippen LogP contribution in [0, 0.1) is 5.92 Å². The first-order chi connectivity index (χ1) is 12.8. The molecular formula is C19H21F3N4O. The van der Waals surface area contributed by atoms with Gasteiger partial charge in [-0.2, -0.15) is 13.2 Å². The largest absolute Gasteiger partial charge is 0.451 e. The summed E-state index contributed by atoms with van der Waals surface area (Å²) in [5.74, 6) is -0.152. The summed E-state index contributed by atoms with van der Waals surface area (Å²) in [7, 11) is 0. The van der Waals surface area contributed by atoms with Crippen LogP contribution in [-0.2, 0) is 0 Å². The Morgan fingerprint density at radius 1 is 1.48 bits per heavy atom. The Kier molecular flexibility index (Phi) is 5.36. The van der Waals surface area contributed by atoms with Crippen LogP contribution in [0.1, 0.15) is 19.5 Å². The van der Waals surface area contributed by atoms with Gasteiger partial charge in [0.15, 0.2) is 6.39 Å². The zero-order chi connectivity index (χ0) is 19.6. The quantitative estimate of drug-likeness (QED) is 0.763. The third kappa shape index (κ3) is 4.39. The fourth-order valence-corrected chi connectivity index (χ4v) is 2.97. The van der Waals surface area contributed by atoms with Crippen LogP contribution in [0.4, 0.5) is 13.2 Å². The Hall–Kier alpha value is -2.61. The second kappa shape index (κ2) is 7.56. The molecule has 2 aliphatic heterocycles. The fourth-order valence-electron chi connectivity index (χ4n) is 2.97. The van der Waals surface area contributed by atoms with Crippen molar-refractivity contribution in [3.63, 3.8) is 0 Å². The van der Waals surface area contributed by atoms with E-state index in [0.717, 1.165) is 11.6 Å². The lowest BCUT2D eigenvalue weighted by atomic mass is 10.1. The van der Waals surface area contributed by atoms with Gasteiger partial charge in [0.1, 0.15) is 23.8 Å². The number of nitrogens with zero attached hydrogens (tertiary/aromatic N) is 3. The van der Waals surface area contributed by atoms with Crippen molar-refractivity contribution >= 4 is 11.3 Å². The average Bonchev–Trinajstić information content (AvgIpc) is 3.27. The molecule has 144 valence electrons. The number of hydrogen-bond acceptors (Lipinski definition) is 5. The molecule has 2 aliphatic rings. The molecule has 1 aromatic heterocycles. The highest BCUT2D eigenvalue weighted by Gasteiger charge is 2.40. The van der Waals surface area contributed by atoms with Crippen LogP contribution in [-0.4, -0.2) is 40.5 Å². The number of nitrogens with one attached hydrogen (secondary N) is 1. The third-order valence-electron chi connectivity index (χ3n) is 4.50. The highest BCUT2D eigenvalue weighted by atomic mass is 19.4. The monoisotopic (exact) mass is 378 g/mol. The standard InChI is InChI=1S/C19H21F3N4O/c1-12(16-10-27-11-24-16)4-5-13(2)23-9-15-6-7-26-14(3)8-17(19(20,21)22)25-18(15)26/h4-8,10-11,13,15,18,23H,1,9H2,2-3H3/b5-4-. The first-order valence-corrected chi connectivity index (χ1v) is 8.54. The molecule has 1 N–H and O–H groups in total. The lowest BCUT2D eigenvalue weighted by molar-refractivity contribution is -0.0588. The Morgan fingerprint density at radius 3 is 2.93 bits per heavy atom. The van der Waals surface area contributed by atoms with Gasteiger partial charge >= 0.3 is 6.18 Å². The van der Waals surface area contributed by atoms with Crippen LogP contribution in [0.2, 0.25) is 0 Å². The molecule has 0 amide bonds. The molecule has 0 saturated carbocycles. The van der Waals surface area contributed by atoms with Gasteiger partial charge in [-0.3, -0.25) is 4.99 Å². The Balaban J connectivity index is 1.58. The lowest BCUT2D eigenvalue weighted by Crippen LogP contribution is -2.41. The molecule has 8 heteroatoms. The molecule has 3 unspecified atom stereocenters. The molecule has 3 atom stereocenters. The lowest BCUT2D eigenvalue weighted by Gasteiger charge is -2.32. The normalized spacial score (nSPS) is 23.4. The van der Waals surface area contributed by atoms with Crippen molar-refractivity contribution in [3.05, 3.63) is 61.1 Å². The molecule has 5 nitrogen and oxygen atoms in total. The van der Waals surface area contributed by atoms with Gasteiger partial charge in [-0.1, -0.05) is 24.8 Å². The summed E-state index contributed by atoms with van der Waals surface area (Å²) >= 11 is 0. The number of alkyl halides is 3. The van der Waals surface area contributed by atoms with Crippen molar-refractivity contribution in [3.8, 4) is 0 Å². The topological polar surface area (TPSA) is 53.7 Å². The van der Waals surface area contributed by atoms with E-state index in [2.05, 4.69) is 21.9 Å². The molecule has 27 heavy (non-hydrogen) atoms. The van der Waals surface area contributed by atoms with Crippen molar-refractivity contribution < 1.29 is 17.6 Å². The number of aliphatic imine (C=N–C) groups is 1. The van der Waals surface area contributed by atoms with Gasteiger partial charge in [0.05, 0.1) is 0 Å². The molecule has 0 fully saturated rings. The van der Waals surface area contributed by atoms with E-state index < -0.39 is 18.1 Å². The van der Waals surface area contributed by atoms with Crippen molar-refractivity contribution in [2.75, 3.05) is 6.54 Å². The Bertz CT molecular complexity index is 805. The smallest absolute Gasteiger partial charge is 0.433 e. The molecule has 0 bridgehead atoms. The minimum absolute atomic E-state index is 0.00222. The number of oxazole rings is 1. The number of aromatic nitrogens is 1. The molecule has 3 rings (SSSR count). The van der Waals surface area contributed by atoms with E-state index in [4.69, 9.17) is 4.42 Å². The van der Waals surface area contributed by atoms with Crippen LogP contribution < -0.4 is 5.32 Å². The highest BCUT2D eigenvalue weighted by Crippen LogP contribution is 2.32. The zero-order valence-corrected chi connectivity index (χ0v) is 15.1. The molecule has 1 aromatic rings. The van der Waals surface area contributed by atoms with Crippen LogP contribution in [0.5, 0.6) is 0 Å². The van der Waals surface area contributed by atoms with Crippen molar-refractivity contribution in [1.82, 2.24) is 15.2 Å². The summed E-state index contributed by atoms with van der Waals surface area (Å²) in [6, 6.07) is 0.00222. The maximum Gasteiger partial charge on any atom is 0.433 e. The van der Waals surface area contributed by atoms with E-state index in [1.807, 2.05) is 25.2 Å². The highest BCUT2D eigenvalue weighted by molar-refractivity contribution is 6.00. The fraction of sp³-hybridized carbons (Fsp3) is 0.368. The van der Waals surface area contributed by atoms with Crippen LogP contribution in [0.25, 0.3) is 5.57 Å². The zero-order valence-electron chi connectivity index (χ0n) is 15.1. The van der Waals surface area contributed by atoms with E-state index >= 15 is 0 Å². The summed E-state index contributed by atoms with van der Waals surface area (Å²) in [6.45, 7) is 8.04.